The maximum Gasteiger partial charge on any atom is 0.260 e. The first-order valence-corrected chi connectivity index (χ1v) is 14.2. The van der Waals surface area contributed by atoms with Gasteiger partial charge in [0.05, 0.1) is 29.7 Å². The highest BCUT2D eigenvalue weighted by Gasteiger charge is 2.22. The van der Waals surface area contributed by atoms with E-state index in [1.165, 1.54) is 13.3 Å². The lowest BCUT2D eigenvalue weighted by atomic mass is 10.2. The molecule has 3 rings (SSSR count). The number of aryl methyl sites for hydroxylation is 1. The van der Waals surface area contributed by atoms with Crippen LogP contribution in [0.4, 0.5) is 5.69 Å². The summed E-state index contributed by atoms with van der Waals surface area (Å²) in [5.74, 6) is 0.280. The van der Waals surface area contributed by atoms with Crippen molar-refractivity contribution < 1.29 is 22.7 Å². The van der Waals surface area contributed by atoms with Gasteiger partial charge >= 0.3 is 0 Å². The minimum atomic E-state index is -3.69. The van der Waals surface area contributed by atoms with Gasteiger partial charge in [-0.1, -0.05) is 47.5 Å². The Morgan fingerprint density at radius 2 is 1.89 bits per heavy atom. The van der Waals surface area contributed by atoms with Crippen LogP contribution < -0.4 is 19.2 Å². The van der Waals surface area contributed by atoms with Crippen molar-refractivity contribution in [1.82, 2.24) is 5.43 Å². The Morgan fingerprint density at radius 1 is 1.16 bits per heavy atom. The van der Waals surface area contributed by atoms with Gasteiger partial charge in [-0.3, -0.25) is 9.10 Å². The molecule has 0 saturated heterocycles. The van der Waals surface area contributed by atoms with Crippen LogP contribution in [0, 0.1) is 6.92 Å². The third kappa shape index (κ3) is 7.85. The van der Waals surface area contributed by atoms with Crippen molar-refractivity contribution in [3.63, 3.8) is 0 Å². The van der Waals surface area contributed by atoms with Crippen LogP contribution >= 0.6 is 39.1 Å². The monoisotopic (exact) mass is 627 g/mol. The maximum atomic E-state index is 12.5. The smallest absolute Gasteiger partial charge is 0.260 e. The lowest BCUT2D eigenvalue weighted by Gasteiger charge is -2.23. The number of carbonyl (C=O) groups is 1. The number of methoxy groups -OCH3 is 1. The Bertz CT molecular complexity index is 1430. The van der Waals surface area contributed by atoms with E-state index in [0.717, 1.165) is 21.7 Å². The standard InChI is InChI=1S/C25H24BrCl2N3O5S/c1-16-6-4-5-7-22(16)31(37(3,33)34)14-24(32)30-29-13-17-10-20(26)25(23(11-17)35-2)36-15-18-8-9-19(27)12-21(18)28/h4-13H,14-15H2,1-3H3,(H,30,32)/b29-13-. The molecule has 8 nitrogen and oxygen atoms in total. The molecule has 0 bridgehead atoms. The molecule has 37 heavy (non-hydrogen) atoms. The van der Waals surface area contributed by atoms with E-state index in [-0.39, 0.29) is 6.61 Å². The molecule has 1 N–H and O–H groups in total. The van der Waals surface area contributed by atoms with Crippen molar-refractivity contribution in [2.45, 2.75) is 13.5 Å². The summed E-state index contributed by atoms with van der Waals surface area (Å²) in [5, 5.41) is 4.97. The molecule has 0 radical (unpaired) electrons. The molecule has 0 aliphatic heterocycles. The lowest BCUT2D eigenvalue weighted by Crippen LogP contribution is -2.39. The van der Waals surface area contributed by atoms with E-state index in [9.17, 15) is 13.2 Å². The summed E-state index contributed by atoms with van der Waals surface area (Å²) in [4.78, 5) is 12.5. The number of nitrogens with one attached hydrogen (secondary N) is 1. The molecule has 12 heteroatoms. The van der Waals surface area contributed by atoms with Gasteiger partial charge in [-0.15, -0.1) is 0 Å². The Labute approximate surface area is 234 Å². The summed E-state index contributed by atoms with van der Waals surface area (Å²) >= 11 is 15.6. The molecule has 3 aromatic carbocycles. The van der Waals surface area contributed by atoms with Crippen molar-refractivity contribution in [3.05, 3.63) is 85.8 Å². The van der Waals surface area contributed by atoms with Gasteiger partial charge in [0.2, 0.25) is 10.0 Å². The van der Waals surface area contributed by atoms with E-state index in [2.05, 4.69) is 26.5 Å². The van der Waals surface area contributed by atoms with Gasteiger partial charge in [0.15, 0.2) is 11.5 Å². The maximum absolute atomic E-state index is 12.5. The van der Waals surface area contributed by atoms with Crippen LogP contribution in [0.25, 0.3) is 0 Å². The number of benzene rings is 3. The molecule has 0 aliphatic rings. The van der Waals surface area contributed by atoms with Crippen molar-refractivity contribution in [3.8, 4) is 11.5 Å². The quantitative estimate of drug-likeness (QED) is 0.234. The predicted octanol–water partition coefficient (Wildman–Crippen LogP) is 5.57. The molecular formula is C25H24BrCl2N3O5S. The lowest BCUT2D eigenvalue weighted by molar-refractivity contribution is -0.119. The number of amides is 1. The number of anilines is 1. The number of sulfonamides is 1. The fourth-order valence-corrected chi connectivity index (χ4v) is 5.26. The third-order valence-corrected chi connectivity index (χ3v) is 7.42. The highest BCUT2D eigenvalue weighted by molar-refractivity contribution is 9.10. The number of carbonyl (C=O) groups excluding carboxylic acids is 1. The number of rotatable bonds is 10. The molecule has 196 valence electrons. The summed E-state index contributed by atoms with van der Waals surface area (Å²) < 4.78 is 37.6. The highest BCUT2D eigenvalue weighted by atomic mass is 79.9. The molecule has 0 aliphatic carbocycles. The molecule has 0 unspecified atom stereocenters. The predicted molar refractivity (Wildman–Crippen MR) is 151 cm³/mol. The zero-order valence-corrected chi connectivity index (χ0v) is 24.1. The van der Waals surface area contributed by atoms with Gasteiger partial charge in [0, 0.05) is 15.6 Å². The second-order valence-electron chi connectivity index (χ2n) is 7.91. The molecule has 0 atom stereocenters. The zero-order chi connectivity index (χ0) is 27.2. The van der Waals surface area contributed by atoms with Crippen molar-refractivity contribution in [2.24, 2.45) is 5.10 Å². The first kappa shape index (κ1) is 28.8. The molecule has 1 amide bonds. The summed E-state index contributed by atoms with van der Waals surface area (Å²) in [6.07, 6.45) is 2.45. The van der Waals surface area contributed by atoms with Gasteiger partial charge < -0.3 is 9.47 Å². The second-order valence-corrected chi connectivity index (χ2v) is 11.5. The van der Waals surface area contributed by atoms with Crippen LogP contribution in [0.5, 0.6) is 11.5 Å². The SMILES string of the molecule is COc1cc(/C=N\NC(=O)CN(c2ccccc2C)S(C)(=O)=O)cc(Br)c1OCc1ccc(Cl)cc1Cl. The van der Waals surface area contributed by atoms with Crippen LogP contribution in [0.3, 0.4) is 0 Å². The van der Waals surface area contributed by atoms with Crippen LogP contribution in [-0.4, -0.2) is 40.4 Å². The third-order valence-electron chi connectivity index (χ3n) is 5.11. The minimum Gasteiger partial charge on any atom is -0.493 e. The number of halogens is 3. The van der Waals surface area contributed by atoms with Crippen LogP contribution in [0.1, 0.15) is 16.7 Å². The first-order valence-electron chi connectivity index (χ1n) is 10.8. The Kier molecular flexibility index (Phi) is 9.83. The normalized spacial score (nSPS) is 11.4. The van der Waals surface area contributed by atoms with Crippen molar-refractivity contribution in [2.75, 3.05) is 24.2 Å². The van der Waals surface area contributed by atoms with Gasteiger partial charge in [-0.05, 0) is 64.3 Å². The number of hydrogen-bond acceptors (Lipinski definition) is 6. The summed E-state index contributed by atoms with van der Waals surface area (Å²) in [6.45, 7) is 1.53. The van der Waals surface area contributed by atoms with Crippen LogP contribution in [0.2, 0.25) is 10.0 Å². The molecule has 0 fully saturated rings. The fourth-order valence-electron chi connectivity index (χ4n) is 3.31. The zero-order valence-electron chi connectivity index (χ0n) is 20.2. The van der Waals surface area contributed by atoms with E-state index in [1.807, 2.05) is 0 Å². The second kappa shape index (κ2) is 12.6. The van der Waals surface area contributed by atoms with Crippen LogP contribution in [0.15, 0.2) is 64.2 Å². The first-order chi connectivity index (χ1) is 17.5. The highest BCUT2D eigenvalue weighted by Crippen LogP contribution is 2.37. The van der Waals surface area contributed by atoms with E-state index >= 15 is 0 Å². The number of hydrogen-bond donors (Lipinski definition) is 1. The molecular weight excluding hydrogens is 605 g/mol. The summed E-state index contributed by atoms with van der Waals surface area (Å²) in [5.41, 5.74) is 4.86. The number of nitrogens with zero attached hydrogens (tertiary/aromatic N) is 2. The van der Waals surface area contributed by atoms with Crippen LogP contribution in [-0.2, 0) is 21.4 Å². The van der Waals surface area contributed by atoms with E-state index in [4.69, 9.17) is 32.7 Å². The molecule has 0 aromatic heterocycles. The average molecular weight is 629 g/mol. The number of para-hydroxylation sites is 1. The average Bonchev–Trinajstić information content (AvgIpc) is 2.82. The van der Waals surface area contributed by atoms with E-state index < -0.39 is 22.5 Å². The summed E-state index contributed by atoms with van der Waals surface area (Å²) in [6, 6.07) is 15.5. The molecule has 0 spiro atoms. The van der Waals surface area contributed by atoms with Gasteiger partial charge in [-0.25, -0.2) is 13.8 Å². The van der Waals surface area contributed by atoms with Gasteiger partial charge in [-0.2, -0.15) is 5.10 Å². The topological polar surface area (TPSA) is 97.3 Å². The number of ether oxygens (including phenoxy) is 2. The van der Waals surface area contributed by atoms with Gasteiger partial charge in [0.25, 0.3) is 5.91 Å². The fraction of sp³-hybridized carbons (Fsp3) is 0.200. The summed E-state index contributed by atoms with van der Waals surface area (Å²) in [7, 11) is -2.20. The van der Waals surface area contributed by atoms with Crippen molar-refractivity contribution in [1.29, 1.82) is 0 Å². The molecule has 0 saturated carbocycles. The Balaban J connectivity index is 1.69. The van der Waals surface area contributed by atoms with E-state index in [0.29, 0.717) is 37.3 Å². The number of hydrazone groups is 1. The van der Waals surface area contributed by atoms with E-state index in [1.54, 1.807) is 61.5 Å². The Morgan fingerprint density at radius 3 is 2.54 bits per heavy atom. The minimum absolute atomic E-state index is 0.187. The largest absolute Gasteiger partial charge is 0.493 e. The van der Waals surface area contributed by atoms with Gasteiger partial charge in [0.1, 0.15) is 13.2 Å². The Hall–Kier alpha value is -2.79. The van der Waals surface area contributed by atoms with Crippen molar-refractivity contribution >= 4 is 67.0 Å². The molecule has 3 aromatic rings. The molecule has 0 heterocycles.